The van der Waals surface area contributed by atoms with Gasteiger partial charge in [-0.05, 0) is 40.2 Å². The lowest BCUT2D eigenvalue weighted by atomic mass is 10.0. The standard InChI is InChI=1S/C20H15BrO5S/c1-25-15-11-12-16(20(22)14-7-3-2-4-8-14)18(13-15)26-27(23,24)19-10-6-5-9-17(19)21/h2-13H,1H3. The van der Waals surface area contributed by atoms with Gasteiger partial charge in [0.05, 0.1) is 12.7 Å². The maximum absolute atomic E-state index is 12.8. The Morgan fingerprint density at radius 3 is 2.26 bits per heavy atom. The number of hydrogen-bond donors (Lipinski definition) is 0. The number of rotatable bonds is 6. The van der Waals surface area contributed by atoms with Crippen molar-refractivity contribution in [3.63, 3.8) is 0 Å². The zero-order chi connectivity index (χ0) is 19.4. The van der Waals surface area contributed by atoms with Crippen molar-refractivity contribution >= 4 is 31.8 Å². The Kier molecular flexibility index (Phi) is 5.62. The van der Waals surface area contributed by atoms with Gasteiger partial charge in [-0.2, -0.15) is 8.42 Å². The van der Waals surface area contributed by atoms with E-state index in [2.05, 4.69) is 15.9 Å². The fraction of sp³-hybridized carbons (Fsp3) is 0.0500. The molecule has 3 aromatic rings. The molecule has 0 saturated heterocycles. The predicted octanol–water partition coefficient (Wildman–Crippen LogP) is 4.46. The van der Waals surface area contributed by atoms with E-state index in [1.807, 2.05) is 0 Å². The first-order valence-corrected chi connectivity index (χ1v) is 10.1. The lowest BCUT2D eigenvalue weighted by Gasteiger charge is -2.13. The van der Waals surface area contributed by atoms with Crippen LogP contribution in [-0.2, 0) is 10.1 Å². The van der Waals surface area contributed by atoms with E-state index in [1.165, 1.54) is 25.3 Å². The molecule has 0 unspecified atom stereocenters. The molecule has 0 saturated carbocycles. The van der Waals surface area contributed by atoms with E-state index >= 15 is 0 Å². The maximum Gasteiger partial charge on any atom is 0.340 e. The highest BCUT2D eigenvalue weighted by Gasteiger charge is 2.24. The number of hydrogen-bond acceptors (Lipinski definition) is 5. The van der Waals surface area contributed by atoms with Crippen LogP contribution < -0.4 is 8.92 Å². The van der Waals surface area contributed by atoms with Crippen molar-refractivity contribution in [3.8, 4) is 11.5 Å². The van der Waals surface area contributed by atoms with Crippen LogP contribution in [0.1, 0.15) is 15.9 Å². The molecule has 5 nitrogen and oxygen atoms in total. The summed E-state index contributed by atoms with van der Waals surface area (Å²) >= 11 is 3.21. The van der Waals surface area contributed by atoms with E-state index in [1.54, 1.807) is 54.6 Å². The van der Waals surface area contributed by atoms with Gasteiger partial charge in [-0.3, -0.25) is 4.79 Å². The summed E-state index contributed by atoms with van der Waals surface area (Å²) in [5, 5.41) is 0. The molecule has 0 aromatic heterocycles. The maximum atomic E-state index is 12.8. The van der Waals surface area contributed by atoms with E-state index in [0.717, 1.165) is 0 Å². The van der Waals surface area contributed by atoms with Gasteiger partial charge in [-0.15, -0.1) is 0 Å². The van der Waals surface area contributed by atoms with Crippen LogP contribution in [0.2, 0.25) is 0 Å². The normalized spacial score (nSPS) is 11.0. The van der Waals surface area contributed by atoms with Gasteiger partial charge < -0.3 is 8.92 Å². The number of benzene rings is 3. The highest BCUT2D eigenvalue weighted by Crippen LogP contribution is 2.31. The lowest BCUT2D eigenvalue weighted by molar-refractivity contribution is 0.103. The van der Waals surface area contributed by atoms with E-state index in [-0.39, 0.29) is 22.0 Å². The average Bonchev–Trinajstić information content (AvgIpc) is 2.68. The molecule has 0 spiro atoms. The Labute approximate surface area is 165 Å². The van der Waals surface area contributed by atoms with Crippen LogP contribution in [0.15, 0.2) is 82.2 Å². The summed E-state index contributed by atoms with van der Waals surface area (Å²) in [6, 6.07) is 19.3. The van der Waals surface area contributed by atoms with Crippen molar-refractivity contribution in [1.29, 1.82) is 0 Å². The molecule has 0 atom stereocenters. The smallest absolute Gasteiger partial charge is 0.340 e. The average molecular weight is 447 g/mol. The van der Waals surface area contributed by atoms with Crippen LogP contribution in [0.25, 0.3) is 0 Å². The molecular formula is C20H15BrO5S. The Balaban J connectivity index is 2.06. The summed E-state index contributed by atoms with van der Waals surface area (Å²) in [5.74, 6) is -0.0773. The van der Waals surface area contributed by atoms with Crippen molar-refractivity contribution in [2.75, 3.05) is 7.11 Å². The highest BCUT2D eigenvalue weighted by molar-refractivity contribution is 9.10. The minimum Gasteiger partial charge on any atom is -0.497 e. The topological polar surface area (TPSA) is 69.7 Å². The molecule has 27 heavy (non-hydrogen) atoms. The largest absolute Gasteiger partial charge is 0.497 e. The first kappa shape index (κ1) is 19.1. The number of ether oxygens (including phenoxy) is 1. The molecule has 0 fully saturated rings. The van der Waals surface area contributed by atoms with E-state index in [0.29, 0.717) is 15.8 Å². The number of ketones is 1. The summed E-state index contributed by atoms with van der Waals surface area (Å²) in [7, 11) is -2.72. The first-order valence-electron chi connectivity index (χ1n) is 7.89. The van der Waals surface area contributed by atoms with E-state index in [4.69, 9.17) is 8.92 Å². The fourth-order valence-corrected chi connectivity index (χ4v) is 4.34. The summed E-state index contributed by atoms with van der Waals surface area (Å²) in [5.41, 5.74) is 0.545. The second-order valence-corrected chi connectivity index (χ2v) is 7.89. The molecule has 138 valence electrons. The monoisotopic (exact) mass is 446 g/mol. The number of carbonyl (C=O) groups is 1. The Hall–Kier alpha value is -2.64. The highest BCUT2D eigenvalue weighted by atomic mass is 79.9. The van der Waals surface area contributed by atoms with Gasteiger partial charge in [0.15, 0.2) is 11.5 Å². The summed E-state index contributed by atoms with van der Waals surface area (Å²) in [6.45, 7) is 0. The third-order valence-corrected chi connectivity index (χ3v) is 6.02. The van der Waals surface area contributed by atoms with Gasteiger partial charge in [-0.1, -0.05) is 42.5 Å². The van der Waals surface area contributed by atoms with Crippen molar-refractivity contribution in [2.45, 2.75) is 4.90 Å². The summed E-state index contributed by atoms with van der Waals surface area (Å²) < 4.78 is 36.3. The predicted molar refractivity (Wildman–Crippen MR) is 105 cm³/mol. The molecule has 0 aliphatic rings. The van der Waals surface area contributed by atoms with Crippen LogP contribution in [0.5, 0.6) is 11.5 Å². The quantitative estimate of drug-likeness (QED) is 0.413. The van der Waals surface area contributed by atoms with Crippen LogP contribution >= 0.6 is 15.9 Å². The minimum absolute atomic E-state index is 0.0362. The summed E-state index contributed by atoms with van der Waals surface area (Å²) in [6.07, 6.45) is 0. The zero-order valence-corrected chi connectivity index (χ0v) is 16.7. The van der Waals surface area contributed by atoms with Crippen molar-refractivity contribution in [3.05, 3.63) is 88.4 Å². The second-order valence-electron chi connectivity index (χ2n) is 5.53. The number of methoxy groups -OCH3 is 1. The van der Waals surface area contributed by atoms with Gasteiger partial charge in [-0.25, -0.2) is 0 Å². The number of halogens is 1. The van der Waals surface area contributed by atoms with E-state index < -0.39 is 10.1 Å². The van der Waals surface area contributed by atoms with E-state index in [9.17, 15) is 13.2 Å². The van der Waals surface area contributed by atoms with Gasteiger partial charge in [0.25, 0.3) is 0 Å². The number of carbonyl (C=O) groups excluding carboxylic acids is 1. The third-order valence-electron chi connectivity index (χ3n) is 3.77. The third kappa shape index (κ3) is 4.20. The molecular weight excluding hydrogens is 432 g/mol. The Bertz CT molecular complexity index is 1080. The zero-order valence-electron chi connectivity index (χ0n) is 14.3. The Morgan fingerprint density at radius 2 is 1.59 bits per heavy atom. The van der Waals surface area contributed by atoms with Crippen LogP contribution in [0.4, 0.5) is 0 Å². The molecule has 0 aliphatic carbocycles. The SMILES string of the molecule is COc1ccc(C(=O)c2ccccc2)c(OS(=O)(=O)c2ccccc2Br)c1. The molecule has 0 radical (unpaired) electrons. The molecule has 0 heterocycles. The molecule has 0 bridgehead atoms. The van der Waals surface area contributed by atoms with Crippen molar-refractivity contribution < 1.29 is 22.1 Å². The first-order chi connectivity index (χ1) is 12.9. The lowest BCUT2D eigenvalue weighted by Crippen LogP contribution is -2.13. The molecule has 0 aliphatic heterocycles. The van der Waals surface area contributed by atoms with Gasteiger partial charge in [0.1, 0.15) is 10.6 Å². The molecule has 0 amide bonds. The minimum atomic E-state index is -4.16. The fourth-order valence-electron chi connectivity index (χ4n) is 2.44. The van der Waals surface area contributed by atoms with Gasteiger partial charge in [0.2, 0.25) is 0 Å². The van der Waals surface area contributed by atoms with Gasteiger partial charge in [0, 0.05) is 16.1 Å². The van der Waals surface area contributed by atoms with Crippen LogP contribution in [0, 0.1) is 0 Å². The molecule has 0 N–H and O–H groups in total. The molecule has 3 aromatic carbocycles. The molecule has 7 heteroatoms. The second kappa shape index (κ2) is 7.94. The van der Waals surface area contributed by atoms with Gasteiger partial charge >= 0.3 is 10.1 Å². The van der Waals surface area contributed by atoms with Crippen LogP contribution in [0.3, 0.4) is 0 Å². The summed E-state index contributed by atoms with van der Waals surface area (Å²) in [4.78, 5) is 12.8. The Morgan fingerprint density at radius 1 is 0.926 bits per heavy atom. The van der Waals surface area contributed by atoms with Crippen LogP contribution in [-0.4, -0.2) is 21.3 Å². The van der Waals surface area contributed by atoms with Crippen molar-refractivity contribution in [1.82, 2.24) is 0 Å². The van der Waals surface area contributed by atoms with Crippen molar-refractivity contribution in [2.24, 2.45) is 0 Å². The molecule has 3 rings (SSSR count).